The van der Waals surface area contributed by atoms with E-state index in [-0.39, 0.29) is 5.15 Å². The largest absolute Gasteiger partial charge is 0.370 e. The molecule has 0 bridgehead atoms. The quantitative estimate of drug-likeness (QED) is 0.842. The van der Waals surface area contributed by atoms with Crippen LogP contribution < -0.4 is 5.32 Å². The van der Waals surface area contributed by atoms with E-state index >= 15 is 0 Å². The number of aromatic nitrogens is 1. The number of nitriles is 1. The molecule has 1 aromatic carbocycles. The van der Waals surface area contributed by atoms with Crippen LogP contribution in [0.3, 0.4) is 0 Å². The molecule has 1 aliphatic heterocycles. The molecule has 1 fully saturated rings. The summed E-state index contributed by atoms with van der Waals surface area (Å²) in [6, 6.07) is 10.6. The highest BCUT2D eigenvalue weighted by atomic mass is 35.5. The topological polar surface area (TPSA) is 52.0 Å². The van der Waals surface area contributed by atoms with E-state index in [1.165, 1.54) is 61.4 Å². The molecule has 126 valence electrons. The Morgan fingerprint density at radius 1 is 1.17 bits per heavy atom. The third kappa shape index (κ3) is 4.27. The maximum absolute atomic E-state index is 9.17. The van der Waals surface area contributed by atoms with Crippen molar-refractivity contribution in [2.45, 2.75) is 38.8 Å². The van der Waals surface area contributed by atoms with Gasteiger partial charge in [0.2, 0.25) is 0 Å². The van der Waals surface area contributed by atoms with Crippen molar-refractivity contribution >= 4 is 28.1 Å². The molecule has 24 heavy (non-hydrogen) atoms. The summed E-state index contributed by atoms with van der Waals surface area (Å²) in [5.74, 6) is 0. The maximum atomic E-state index is 9.17. The van der Waals surface area contributed by atoms with E-state index in [4.69, 9.17) is 16.9 Å². The molecule has 3 rings (SSSR count). The van der Waals surface area contributed by atoms with Gasteiger partial charge in [-0.3, -0.25) is 4.90 Å². The predicted molar refractivity (Wildman–Crippen MR) is 99.4 cm³/mol. The fourth-order valence-corrected chi connectivity index (χ4v) is 4.01. The number of likely N-dealkylation sites (tertiary alicyclic amines) is 1. The molecule has 1 N–H and O–H groups in total. The summed E-state index contributed by atoms with van der Waals surface area (Å²) in [7, 11) is 0. The van der Waals surface area contributed by atoms with Gasteiger partial charge in [-0.1, -0.05) is 48.7 Å². The van der Waals surface area contributed by atoms with Crippen molar-refractivity contribution < 1.29 is 0 Å². The summed E-state index contributed by atoms with van der Waals surface area (Å²) >= 11 is 7.17. The Morgan fingerprint density at radius 2 is 1.88 bits per heavy atom. The Labute approximate surface area is 152 Å². The van der Waals surface area contributed by atoms with Crippen LogP contribution >= 0.6 is 23.1 Å². The molecule has 0 atom stereocenters. The van der Waals surface area contributed by atoms with Gasteiger partial charge in [-0.2, -0.15) is 9.64 Å². The fraction of sp³-hybridized carbons (Fsp3) is 0.444. The van der Waals surface area contributed by atoms with E-state index in [2.05, 4.69) is 44.9 Å². The van der Waals surface area contributed by atoms with Crippen LogP contribution in [0.1, 0.15) is 42.4 Å². The van der Waals surface area contributed by atoms with E-state index in [9.17, 15) is 0 Å². The molecule has 0 amide bonds. The third-order valence-electron chi connectivity index (χ3n) is 4.41. The van der Waals surface area contributed by atoms with E-state index in [0.717, 1.165) is 11.5 Å². The highest BCUT2D eigenvalue weighted by molar-refractivity contribution is 7.10. The van der Waals surface area contributed by atoms with Crippen molar-refractivity contribution in [1.29, 1.82) is 5.26 Å². The number of rotatable bonds is 5. The van der Waals surface area contributed by atoms with Crippen molar-refractivity contribution in [3.8, 4) is 6.07 Å². The lowest BCUT2D eigenvalue weighted by molar-refractivity contribution is 0.276. The number of nitrogens with zero attached hydrogens (tertiary/aromatic N) is 3. The van der Waals surface area contributed by atoms with Gasteiger partial charge in [0.15, 0.2) is 5.15 Å². The molecular formula is C18H21ClN4S. The third-order valence-corrected chi connectivity index (χ3v) is 5.59. The molecule has 0 aliphatic carbocycles. The van der Waals surface area contributed by atoms with Gasteiger partial charge < -0.3 is 5.32 Å². The Balaban J connectivity index is 1.68. The first-order chi connectivity index (χ1) is 11.8. The second-order valence-corrected chi connectivity index (χ2v) is 7.23. The van der Waals surface area contributed by atoms with Crippen LogP contribution in [0.5, 0.6) is 0 Å². The Bertz CT molecular complexity index is 714. The molecule has 4 nitrogen and oxygen atoms in total. The molecule has 0 unspecified atom stereocenters. The molecule has 1 aromatic heterocycles. The highest BCUT2D eigenvalue weighted by Gasteiger charge is 2.14. The molecule has 0 spiro atoms. The Hall–Kier alpha value is -1.61. The second-order valence-electron chi connectivity index (χ2n) is 6.10. The summed E-state index contributed by atoms with van der Waals surface area (Å²) in [6.45, 7) is 4.04. The first-order valence-electron chi connectivity index (χ1n) is 8.36. The fourth-order valence-electron chi connectivity index (χ4n) is 3.08. The summed E-state index contributed by atoms with van der Waals surface area (Å²) in [4.78, 5) is 2.55. The van der Waals surface area contributed by atoms with Crippen molar-refractivity contribution in [1.82, 2.24) is 9.27 Å². The highest BCUT2D eigenvalue weighted by Crippen LogP contribution is 2.28. The lowest BCUT2D eigenvalue weighted by atomic mass is 10.1. The molecular weight excluding hydrogens is 340 g/mol. The molecule has 0 saturated carbocycles. The van der Waals surface area contributed by atoms with Gasteiger partial charge in [0.25, 0.3) is 0 Å². The number of benzene rings is 1. The molecule has 1 saturated heterocycles. The molecule has 1 aliphatic rings. The van der Waals surface area contributed by atoms with Crippen LogP contribution in [0.25, 0.3) is 0 Å². The van der Waals surface area contributed by atoms with Gasteiger partial charge in [0.05, 0.1) is 0 Å². The summed E-state index contributed by atoms with van der Waals surface area (Å²) in [5, 5.41) is 13.5. The minimum atomic E-state index is 0.280. The zero-order chi connectivity index (χ0) is 16.8. The number of hydrogen-bond acceptors (Lipinski definition) is 5. The van der Waals surface area contributed by atoms with E-state index in [1.807, 2.05) is 0 Å². The number of anilines is 1. The lowest BCUT2D eigenvalue weighted by Gasteiger charge is -2.21. The normalized spacial score (nSPS) is 15.7. The van der Waals surface area contributed by atoms with Gasteiger partial charge in [-0.05, 0) is 48.6 Å². The van der Waals surface area contributed by atoms with Gasteiger partial charge in [0, 0.05) is 13.1 Å². The predicted octanol–water partition coefficient (Wildman–Crippen LogP) is 4.66. The first kappa shape index (κ1) is 17.2. The average molecular weight is 361 g/mol. The number of halogens is 1. The van der Waals surface area contributed by atoms with Crippen LogP contribution in [-0.2, 0) is 13.1 Å². The second kappa shape index (κ2) is 8.48. The van der Waals surface area contributed by atoms with Crippen LogP contribution in [0.2, 0.25) is 5.15 Å². The van der Waals surface area contributed by atoms with Crippen LogP contribution in [0.4, 0.5) is 5.00 Å². The van der Waals surface area contributed by atoms with Crippen molar-refractivity contribution in [2.24, 2.45) is 0 Å². The average Bonchev–Trinajstić information content (AvgIpc) is 2.79. The molecule has 0 radical (unpaired) electrons. The Kier molecular flexibility index (Phi) is 6.08. The zero-order valence-corrected chi connectivity index (χ0v) is 15.2. The minimum Gasteiger partial charge on any atom is -0.370 e. The SMILES string of the molecule is N#Cc1c(Cl)nsc1NCc1ccccc1CN1CCCCCC1. The van der Waals surface area contributed by atoms with Crippen molar-refractivity contribution in [3.63, 3.8) is 0 Å². The summed E-state index contributed by atoms with van der Waals surface area (Å²) in [5.41, 5.74) is 3.04. The van der Waals surface area contributed by atoms with Crippen LogP contribution in [0, 0.1) is 11.3 Å². The van der Waals surface area contributed by atoms with Crippen molar-refractivity contribution in [3.05, 3.63) is 46.1 Å². The molecule has 6 heteroatoms. The number of nitrogens with one attached hydrogen (secondary N) is 1. The van der Waals surface area contributed by atoms with E-state index in [1.54, 1.807) is 0 Å². The van der Waals surface area contributed by atoms with E-state index in [0.29, 0.717) is 12.1 Å². The minimum absolute atomic E-state index is 0.280. The Morgan fingerprint density at radius 3 is 2.58 bits per heavy atom. The number of hydrogen-bond donors (Lipinski definition) is 1. The summed E-state index contributed by atoms with van der Waals surface area (Å²) in [6.07, 6.45) is 5.29. The van der Waals surface area contributed by atoms with Crippen molar-refractivity contribution in [2.75, 3.05) is 18.4 Å². The zero-order valence-electron chi connectivity index (χ0n) is 13.6. The molecule has 2 aromatic rings. The maximum Gasteiger partial charge on any atom is 0.162 e. The first-order valence-corrected chi connectivity index (χ1v) is 9.51. The lowest BCUT2D eigenvalue weighted by Crippen LogP contribution is -2.24. The van der Waals surface area contributed by atoms with Crippen LogP contribution in [0.15, 0.2) is 24.3 Å². The van der Waals surface area contributed by atoms with Gasteiger partial charge >= 0.3 is 0 Å². The smallest absolute Gasteiger partial charge is 0.162 e. The van der Waals surface area contributed by atoms with Crippen LogP contribution in [-0.4, -0.2) is 22.4 Å². The molecule has 2 heterocycles. The monoisotopic (exact) mass is 360 g/mol. The standard InChI is InChI=1S/C18H21ClN4S/c19-17-16(11-20)18(24-22-17)21-12-14-7-3-4-8-15(14)13-23-9-5-1-2-6-10-23/h3-4,7-8,21H,1-2,5-6,9-10,12-13H2. The van der Waals surface area contributed by atoms with Gasteiger partial charge in [-0.25, -0.2) is 0 Å². The van der Waals surface area contributed by atoms with Gasteiger partial charge in [0.1, 0.15) is 16.6 Å². The summed E-state index contributed by atoms with van der Waals surface area (Å²) < 4.78 is 4.04. The van der Waals surface area contributed by atoms with Gasteiger partial charge in [-0.15, -0.1) is 0 Å². The van der Waals surface area contributed by atoms with E-state index < -0.39 is 0 Å².